The van der Waals surface area contributed by atoms with Gasteiger partial charge in [-0.2, -0.15) is 5.10 Å². The van der Waals surface area contributed by atoms with Crippen LogP contribution >= 0.6 is 0 Å². The zero-order chi connectivity index (χ0) is 15.6. The van der Waals surface area contributed by atoms with Gasteiger partial charge in [0.2, 0.25) is 0 Å². The molecule has 0 aromatic heterocycles. The first kappa shape index (κ1) is 14.8. The first-order chi connectivity index (χ1) is 9.91. The fourth-order valence-electron chi connectivity index (χ4n) is 1.90. The zero-order valence-corrected chi connectivity index (χ0v) is 12.1. The van der Waals surface area contributed by atoms with Gasteiger partial charge in [-0.05, 0) is 31.5 Å². The molecule has 1 aromatic rings. The van der Waals surface area contributed by atoms with Gasteiger partial charge in [-0.25, -0.2) is 4.79 Å². The Balaban J connectivity index is 2.26. The Hall–Kier alpha value is -2.57. The predicted octanol–water partition coefficient (Wildman–Crippen LogP) is 1.46. The molecule has 2 N–H and O–H groups in total. The Morgan fingerprint density at radius 1 is 1.48 bits per heavy atom. The summed E-state index contributed by atoms with van der Waals surface area (Å²) in [5.41, 5.74) is -0.592. The molecule has 1 unspecified atom stereocenters. The molecule has 2 rings (SSSR count). The van der Waals surface area contributed by atoms with Crippen molar-refractivity contribution >= 4 is 18.2 Å². The lowest BCUT2D eigenvalue weighted by Gasteiger charge is -2.17. The number of urea groups is 1. The number of imide groups is 1. The third-order valence-electron chi connectivity index (χ3n) is 3.49. The van der Waals surface area contributed by atoms with Crippen LogP contribution in [0.3, 0.4) is 0 Å². The van der Waals surface area contributed by atoms with Crippen molar-refractivity contribution in [2.24, 2.45) is 5.10 Å². The third kappa shape index (κ3) is 2.67. The van der Waals surface area contributed by atoms with E-state index in [0.29, 0.717) is 17.7 Å². The van der Waals surface area contributed by atoms with Gasteiger partial charge in [0.05, 0.1) is 13.3 Å². The molecular weight excluding hydrogens is 274 g/mol. The highest BCUT2D eigenvalue weighted by Gasteiger charge is 2.46. The van der Waals surface area contributed by atoms with Crippen molar-refractivity contribution in [1.82, 2.24) is 10.3 Å². The molecule has 7 heteroatoms. The average Bonchev–Trinajstić information content (AvgIpc) is 2.69. The number of benzene rings is 1. The van der Waals surface area contributed by atoms with E-state index in [1.54, 1.807) is 26.0 Å². The number of amides is 3. The molecule has 112 valence electrons. The van der Waals surface area contributed by atoms with Crippen molar-refractivity contribution in [1.29, 1.82) is 0 Å². The van der Waals surface area contributed by atoms with Crippen LogP contribution in [0.25, 0.3) is 0 Å². The number of hydrogen-bond donors (Lipinski definition) is 2. The number of ether oxygens (including phenoxy) is 1. The Morgan fingerprint density at radius 3 is 2.76 bits per heavy atom. The van der Waals surface area contributed by atoms with Gasteiger partial charge in [0.25, 0.3) is 5.91 Å². The highest BCUT2D eigenvalue weighted by molar-refractivity contribution is 6.07. The molecule has 0 saturated carbocycles. The van der Waals surface area contributed by atoms with Gasteiger partial charge >= 0.3 is 6.03 Å². The zero-order valence-electron chi connectivity index (χ0n) is 12.1. The van der Waals surface area contributed by atoms with Crippen LogP contribution in [0.15, 0.2) is 23.3 Å². The Bertz CT molecular complexity index is 614. The Kier molecular flexibility index (Phi) is 3.84. The van der Waals surface area contributed by atoms with E-state index < -0.39 is 17.5 Å². The molecule has 1 fully saturated rings. The second kappa shape index (κ2) is 5.43. The second-order valence-electron chi connectivity index (χ2n) is 4.90. The lowest BCUT2D eigenvalue weighted by atomic mass is 10.00. The molecule has 1 aromatic carbocycles. The average molecular weight is 291 g/mol. The first-order valence-electron chi connectivity index (χ1n) is 6.49. The minimum absolute atomic E-state index is 0.0233. The lowest BCUT2D eigenvalue weighted by molar-refractivity contribution is -0.130. The summed E-state index contributed by atoms with van der Waals surface area (Å²) in [4.78, 5) is 23.9. The van der Waals surface area contributed by atoms with Gasteiger partial charge < -0.3 is 15.2 Å². The molecule has 1 atom stereocenters. The monoisotopic (exact) mass is 291 g/mol. The van der Waals surface area contributed by atoms with Crippen LogP contribution in [0.1, 0.15) is 25.8 Å². The van der Waals surface area contributed by atoms with E-state index in [1.807, 2.05) is 0 Å². The number of hydrogen-bond acceptors (Lipinski definition) is 5. The summed E-state index contributed by atoms with van der Waals surface area (Å²) >= 11 is 0. The number of nitrogens with zero attached hydrogens (tertiary/aromatic N) is 2. The second-order valence-corrected chi connectivity index (χ2v) is 4.90. The third-order valence-corrected chi connectivity index (χ3v) is 3.49. The summed E-state index contributed by atoms with van der Waals surface area (Å²) in [5, 5.41) is 17.0. The van der Waals surface area contributed by atoms with Crippen molar-refractivity contribution in [3.8, 4) is 11.5 Å². The van der Waals surface area contributed by atoms with Crippen LogP contribution in [0.2, 0.25) is 0 Å². The topological polar surface area (TPSA) is 91.2 Å². The number of nitrogens with one attached hydrogen (secondary N) is 1. The predicted molar refractivity (Wildman–Crippen MR) is 76.3 cm³/mol. The molecule has 21 heavy (non-hydrogen) atoms. The van der Waals surface area contributed by atoms with E-state index in [0.717, 1.165) is 5.01 Å². The Morgan fingerprint density at radius 2 is 2.19 bits per heavy atom. The molecule has 0 aliphatic carbocycles. The number of phenolic OH excluding ortho intramolecular Hbond substituents is 1. The summed E-state index contributed by atoms with van der Waals surface area (Å²) in [7, 11) is 1.50. The molecule has 1 heterocycles. The standard InChI is InChI=1S/C14H17N3O4/c1-4-14(2)12(19)17(13(20)16-14)15-8-9-7-10(21-3)5-6-11(9)18/h5-8,18H,4H2,1-3H3,(H,16,20)/b15-8+. The summed E-state index contributed by atoms with van der Waals surface area (Å²) in [6, 6.07) is 4.01. The van der Waals surface area contributed by atoms with E-state index in [-0.39, 0.29) is 5.75 Å². The molecule has 1 saturated heterocycles. The number of carbonyl (C=O) groups is 2. The highest BCUT2D eigenvalue weighted by atomic mass is 16.5. The smallest absolute Gasteiger partial charge is 0.346 e. The van der Waals surface area contributed by atoms with Gasteiger partial charge in [0, 0.05) is 5.56 Å². The van der Waals surface area contributed by atoms with Gasteiger partial charge in [-0.3, -0.25) is 4.79 Å². The van der Waals surface area contributed by atoms with Gasteiger partial charge in [0.1, 0.15) is 17.0 Å². The molecule has 3 amide bonds. The number of methoxy groups -OCH3 is 1. The van der Waals surface area contributed by atoms with Crippen LogP contribution in [0.4, 0.5) is 4.79 Å². The lowest BCUT2D eigenvalue weighted by Crippen LogP contribution is -2.42. The quantitative estimate of drug-likeness (QED) is 0.649. The number of phenols is 1. The van der Waals surface area contributed by atoms with Crippen molar-refractivity contribution in [2.45, 2.75) is 25.8 Å². The largest absolute Gasteiger partial charge is 0.507 e. The number of hydrazone groups is 1. The minimum atomic E-state index is -0.940. The van der Waals surface area contributed by atoms with Crippen LogP contribution in [0, 0.1) is 0 Å². The van der Waals surface area contributed by atoms with E-state index in [1.165, 1.54) is 19.4 Å². The molecular formula is C14H17N3O4. The van der Waals surface area contributed by atoms with Crippen LogP contribution in [0.5, 0.6) is 11.5 Å². The van der Waals surface area contributed by atoms with Gasteiger partial charge in [-0.15, -0.1) is 5.01 Å². The summed E-state index contributed by atoms with van der Waals surface area (Å²) in [6.45, 7) is 3.45. The van der Waals surface area contributed by atoms with E-state index >= 15 is 0 Å². The van der Waals surface area contributed by atoms with E-state index in [9.17, 15) is 14.7 Å². The molecule has 1 aliphatic heterocycles. The number of aromatic hydroxyl groups is 1. The minimum Gasteiger partial charge on any atom is -0.507 e. The SMILES string of the molecule is CCC1(C)NC(=O)N(/N=C/c2cc(OC)ccc2O)C1=O. The highest BCUT2D eigenvalue weighted by Crippen LogP contribution is 2.23. The fourth-order valence-corrected chi connectivity index (χ4v) is 1.90. The van der Waals surface area contributed by atoms with E-state index in [4.69, 9.17) is 4.74 Å². The van der Waals surface area contributed by atoms with Crippen molar-refractivity contribution < 1.29 is 19.4 Å². The Labute approximate surface area is 122 Å². The molecule has 7 nitrogen and oxygen atoms in total. The fraction of sp³-hybridized carbons (Fsp3) is 0.357. The molecule has 1 aliphatic rings. The van der Waals surface area contributed by atoms with Crippen LogP contribution in [-0.4, -0.2) is 40.9 Å². The van der Waals surface area contributed by atoms with Crippen molar-refractivity contribution in [3.63, 3.8) is 0 Å². The maximum absolute atomic E-state index is 12.1. The van der Waals surface area contributed by atoms with Crippen LogP contribution < -0.4 is 10.1 Å². The number of rotatable bonds is 4. The number of carbonyl (C=O) groups excluding carboxylic acids is 2. The van der Waals surface area contributed by atoms with Crippen molar-refractivity contribution in [3.05, 3.63) is 23.8 Å². The normalized spacial score (nSPS) is 22.0. The molecule has 0 radical (unpaired) electrons. The maximum Gasteiger partial charge on any atom is 0.346 e. The molecule has 0 bridgehead atoms. The van der Waals surface area contributed by atoms with Gasteiger partial charge in [0.15, 0.2) is 0 Å². The molecule has 0 spiro atoms. The van der Waals surface area contributed by atoms with E-state index in [2.05, 4.69) is 10.4 Å². The van der Waals surface area contributed by atoms with Crippen molar-refractivity contribution in [2.75, 3.05) is 7.11 Å². The van der Waals surface area contributed by atoms with Gasteiger partial charge in [-0.1, -0.05) is 6.92 Å². The summed E-state index contributed by atoms with van der Waals surface area (Å²) in [6.07, 6.45) is 1.71. The summed E-state index contributed by atoms with van der Waals surface area (Å²) in [5.74, 6) is 0.0864. The first-order valence-corrected chi connectivity index (χ1v) is 6.49. The van der Waals surface area contributed by atoms with Crippen LogP contribution in [-0.2, 0) is 4.79 Å². The maximum atomic E-state index is 12.1. The summed E-state index contributed by atoms with van der Waals surface area (Å²) < 4.78 is 5.04.